The van der Waals surface area contributed by atoms with Crippen LogP contribution in [0.4, 0.5) is 0 Å². The van der Waals surface area contributed by atoms with Crippen LogP contribution < -0.4 is 21.2 Å². The molecule has 0 unspecified atom stereocenters. The number of nitrogens with zero attached hydrogens (tertiary/aromatic N) is 1. The van der Waals surface area contributed by atoms with Crippen LogP contribution in [0.3, 0.4) is 0 Å². The van der Waals surface area contributed by atoms with E-state index in [0.717, 1.165) is 3.57 Å². The Labute approximate surface area is 91.4 Å². The van der Waals surface area contributed by atoms with Crippen LogP contribution in [0.15, 0.2) is 47.3 Å². The Balaban J connectivity index is 2.10. The number of furan rings is 1. The molecule has 0 bridgehead atoms. The van der Waals surface area contributed by atoms with Crippen molar-refractivity contribution in [2.45, 2.75) is 0 Å². The third kappa shape index (κ3) is 2.20. The molecule has 3 nitrogen and oxygen atoms in total. The molecule has 0 aliphatic rings. The third-order valence-electron chi connectivity index (χ3n) is 1.55. The summed E-state index contributed by atoms with van der Waals surface area (Å²) in [5.74, 6) is 0.453. The topological polar surface area (TPSA) is 43.1 Å². The van der Waals surface area contributed by atoms with E-state index in [9.17, 15) is 4.79 Å². The molecule has 0 N–H and O–H groups in total. The summed E-state index contributed by atoms with van der Waals surface area (Å²) in [6, 6.07) is 7.16. The first kappa shape index (κ1) is 9.39. The molecule has 0 radical (unpaired) electrons. The van der Waals surface area contributed by atoms with Crippen LogP contribution in [0.5, 0.6) is 0 Å². The van der Waals surface area contributed by atoms with Crippen molar-refractivity contribution in [3.8, 4) is 0 Å². The summed E-state index contributed by atoms with van der Waals surface area (Å²) in [6.45, 7) is 0. The Bertz CT molecular complexity index is 411. The van der Waals surface area contributed by atoms with Crippen molar-refractivity contribution >= 4 is 3.79 Å². The van der Waals surface area contributed by atoms with Gasteiger partial charge in [0.15, 0.2) is 0 Å². The maximum atomic E-state index is 11.6. The number of hydrogen-bond acceptors (Lipinski definition) is 3. The Morgan fingerprint density at radius 3 is 2.71 bits per heavy atom. The molecule has 0 aromatic carbocycles. The second-order valence-electron chi connectivity index (χ2n) is 2.51. The fourth-order valence-corrected chi connectivity index (χ4v) is 2.75. The zero-order valence-corrected chi connectivity index (χ0v) is 9.34. The monoisotopic (exact) mass is 300 g/mol. The first-order valence-electron chi connectivity index (χ1n) is 3.99. The minimum absolute atomic E-state index is 0.0972. The predicted molar refractivity (Wildman–Crippen MR) is 46.0 cm³/mol. The molecule has 0 aliphatic heterocycles. The second-order valence-corrected chi connectivity index (χ2v) is 5.28. The van der Waals surface area contributed by atoms with Gasteiger partial charge in [-0.25, -0.2) is 0 Å². The fraction of sp³-hybridized carbons (Fsp3) is 0. The number of halogens is 1. The standard InChI is InChI=1S/C10H7INO2/c13-10(9-2-1-7-14-9)11-8-3-5-12-6-4-8/h1-7H/q-1. The molecule has 0 aliphatic carbocycles. The zero-order chi connectivity index (χ0) is 9.80. The van der Waals surface area contributed by atoms with E-state index in [4.69, 9.17) is 4.42 Å². The van der Waals surface area contributed by atoms with Crippen LogP contribution in [0, 0.1) is 3.57 Å². The van der Waals surface area contributed by atoms with Crippen molar-refractivity contribution < 1.29 is 30.4 Å². The van der Waals surface area contributed by atoms with Crippen molar-refractivity contribution in [2.75, 3.05) is 0 Å². The van der Waals surface area contributed by atoms with Gasteiger partial charge in [-0.1, -0.05) is 0 Å². The Hall–Kier alpha value is -1.17. The summed E-state index contributed by atoms with van der Waals surface area (Å²) < 4.78 is 6.18. The maximum absolute atomic E-state index is 11.6. The summed E-state index contributed by atoms with van der Waals surface area (Å²) in [5, 5.41) is 0. The van der Waals surface area contributed by atoms with Crippen molar-refractivity contribution in [3.05, 3.63) is 52.3 Å². The van der Waals surface area contributed by atoms with Crippen LogP contribution in [-0.2, 0) is 0 Å². The average molecular weight is 300 g/mol. The van der Waals surface area contributed by atoms with Gasteiger partial charge in [-0.15, -0.1) is 0 Å². The normalized spacial score (nSPS) is 10.3. The summed E-state index contributed by atoms with van der Waals surface area (Å²) >= 11 is -0.661. The van der Waals surface area contributed by atoms with Crippen molar-refractivity contribution in [2.24, 2.45) is 0 Å². The van der Waals surface area contributed by atoms with Crippen LogP contribution in [0.25, 0.3) is 0 Å². The molecule has 2 aromatic heterocycles. The number of aromatic nitrogens is 1. The van der Waals surface area contributed by atoms with Gasteiger partial charge in [0.25, 0.3) is 0 Å². The van der Waals surface area contributed by atoms with Gasteiger partial charge in [0, 0.05) is 0 Å². The van der Waals surface area contributed by atoms with Gasteiger partial charge in [-0.3, -0.25) is 0 Å². The molecule has 14 heavy (non-hydrogen) atoms. The number of carbonyl (C=O) groups excluding carboxylic acids is 1. The molecule has 72 valence electrons. The Kier molecular flexibility index (Phi) is 2.93. The SMILES string of the molecule is O=C([I-]c1ccncc1)c1ccco1. The molecule has 2 aromatic rings. The summed E-state index contributed by atoms with van der Waals surface area (Å²) in [7, 11) is 0. The molecule has 0 fully saturated rings. The van der Waals surface area contributed by atoms with E-state index in [2.05, 4.69) is 4.98 Å². The quantitative estimate of drug-likeness (QED) is 0.527. The predicted octanol–water partition coefficient (Wildman–Crippen LogP) is -1.23. The average Bonchev–Trinajstić information content (AvgIpc) is 2.72. The summed E-state index contributed by atoms with van der Waals surface area (Å²) in [6.07, 6.45) is 4.92. The molecule has 0 spiro atoms. The van der Waals surface area contributed by atoms with E-state index in [1.165, 1.54) is 6.26 Å². The molecular weight excluding hydrogens is 293 g/mol. The molecule has 0 saturated carbocycles. The first-order valence-corrected chi connectivity index (χ1v) is 6.15. The number of hydrogen-bond donors (Lipinski definition) is 0. The summed E-state index contributed by atoms with van der Waals surface area (Å²) in [4.78, 5) is 15.5. The fourth-order valence-electron chi connectivity index (χ4n) is 0.933. The molecule has 0 saturated heterocycles. The van der Waals surface area contributed by atoms with Crippen LogP contribution in [0.2, 0.25) is 0 Å². The van der Waals surface area contributed by atoms with Crippen molar-refractivity contribution in [1.29, 1.82) is 0 Å². The first-order chi connectivity index (χ1) is 6.86. The van der Waals surface area contributed by atoms with E-state index < -0.39 is 21.2 Å². The van der Waals surface area contributed by atoms with Gasteiger partial charge >= 0.3 is 91.4 Å². The molecule has 0 amide bonds. The number of pyridine rings is 1. The van der Waals surface area contributed by atoms with Gasteiger partial charge in [-0.05, 0) is 0 Å². The van der Waals surface area contributed by atoms with Crippen molar-refractivity contribution in [1.82, 2.24) is 4.98 Å². The van der Waals surface area contributed by atoms with E-state index in [-0.39, 0.29) is 3.79 Å². The van der Waals surface area contributed by atoms with Crippen LogP contribution >= 0.6 is 0 Å². The molecule has 4 heteroatoms. The van der Waals surface area contributed by atoms with Gasteiger partial charge in [0.05, 0.1) is 0 Å². The number of rotatable bonds is 3. The van der Waals surface area contributed by atoms with Crippen molar-refractivity contribution in [3.63, 3.8) is 0 Å². The van der Waals surface area contributed by atoms with Crippen LogP contribution in [0.1, 0.15) is 10.6 Å². The zero-order valence-electron chi connectivity index (χ0n) is 7.18. The van der Waals surface area contributed by atoms with Crippen LogP contribution in [-0.4, -0.2) is 8.77 Å². The van der Waals surface area contributed by atoms with Gasteiger partial charge in [-0.2, -0.15) is 0 Å². The minimum atomic E-state index is -0.661. The van der Waals surface area contributed by atoms with Gasteiger partial charge in [0.2, 0.25) is 0 Å². The van der Waals surface area contributed by atoms with Gasteiger partial charge in [0.1, 0.15) is 0 Å². The molecular formula is C10H7INO2-. The van der Waals surface area contributed by atoms with E-state index in [0.29, 0.717) is 5.76 Å². The van der Waals surface area contributed by atoms with E-state index in [1.807, 2.05) is 12.1 Å². The Morgan fingerprint density at radius 2 is 2.07 bits per heavy atom. The molecule has 2 heterocycles. The Morgan fingerprint density at radius 1 is 1.29 bits per heavy atom. The summed E-state index contributed by atoms with van der Waals surface area (Å²) in [5.41, 5.74) is 0. The van der Waals surface area contributed by atoms with Gasteiger partial charge < -0.3 is 0 Å². The second kappa shape index (κ2) is 4.36. The molecule has 2 rings (SSSR count). The number of carbonyl (C=O) groups is 1. The van der Waals surface area contributed by atoms with E-state index >= 15 is 0 Å². The van der Waals surface area contributed by atoms with E-state index in [1.54, 1.807) is 24.5 Å². The third-order valence-corrected chi connectivity index (χ3v) is 3.91. The molecule has 0 atom stereocenters.